The average molecular weight is 437 g/mol. The molecule has 8 nitrogen and oxygen atoms in total. The number of carbonyl (C=O) groups is 1. The number of para-hydroxylation sites is 1. The number of fused-ring (bicyclic) bond motifs is 4. The van der Waals surface area contributed by atoms with Crippen LogP contribution in [0.4, 0.5) is 0 Å². The van der Waals surface area contributed by atoms with Gasteiger partial charge in [-0.05, 0) is 46.9 Å². The van der Waals surface area contributed by atoms with Crippen molar-refractivity contribution >= 4 is 17.7 Å². The standard InChI is InChI=1S/C22H24N6O2S/c1-2-16-6-3-4-7-19(16)28-22(23-24-25-28)31-14-21(30)26-11-15-10-17(13-26)18-8-5-9-20(29)27(18)12-15/h3-9,15,17H,2,10-14H2,1H3. The minimum atomic E-state index is 0.0572. The number of piperidine rings is 1. The van der Waals surface area contributed by atoms with E-state index in [2.05, 4.69) is 28.5 Å². The maximum atomic E-state index is 13.0. The van der Waals surface area contributed by atoms with Crippen molar-refractivity contribution in [2.45, 2.75) is 37.4 Å². The molecule has 1 amide bonds. The third-order valence-electron chi connectivity index (χ3n) is 6.20. The summed E-state index contributed by atoms with van der Waals surface area (Å²) in [5.74, 6) is 0.916. The molecule has 2 aliphatic heterocycles. The molecular formula is C22H24N6O2S. The molecule has 1 saturated heterocycles. The third kappa shape index (κ3) is 3.78. The molecule has 0 aliphatic carbocycles. The Morgan fingerprint density at radius 3 is 2.87 bits per heavy atom. The molecular weight excluding hydrogens is 412 g/mol. The van der Waals surface area contributed by atoms with Crippen LogP contribution in [0.2, 0.25) is 0 Å². The summed E-state index contributed by atoms with van der Waals surface area (Å²) in [7, 11) is 0. The van der Waals surface area contributed by atoms with E-state index in [0.717, 1.165) is 29.8 Å². The molecule has 5 rings (SSSR count). The average Bonchev–Trinajstić information content (AvgIpc) is 3.26. The molecule has 31 heavy (non-hydrogen) atoms. The van der Waals surface area contributed by atoms with Gasteiger partial charge >= 0.3 is 0 Å². The number of amides is 1. The van der Waals surface area contributed by atoms with Crippen molar-refractivity contribution < 1.29 is 4.79 Å². The molecule has 2 unspecified atom stereocenters. The second kappa shape index (κ2) is 8.30. The van der Waals surface area contributed by atoms with E-state index < -0.39 is 0 Å². The van der Waals surface area contributed by atoms with E-state index in [9.17, 15) is 9.59 Å². The molecule has 0 spiro atoms. The van der Waals surface area contributed by atoms with Gasteiger partial charge in [0.25, 0.3) is 5.56 Å². The number of pyridine rings is 1. The summed E-state index contributed by atoms with van der Waals surface area (Å²) in [5.41, 5.74) is 3.20. The van der Waals surface area contributed by atoms with Crippen LogP contribution in [0.25, 0.3) is 5.69 Å². The first-order valence-corrected chi connectivity index (χ1v) is 11.6. The van der Waals surface area contributed by atoms with Crippen LogP contribution in [-0.2, 0) is 17.8 Å². The fourth-order valence-electron chi connectivity index (χ4n) is 4.75. The van der Waals surface area contributed by atoms with Crippen LogP contribution in [0.5, 0.6) is 0 Å². The van der Waals surface area contributed by atoms with E-state index in [1.807, 2.05) is 39.8 Å². The SMILES string of the molecule is CCc1ccccc1-n1nnnc1SCC(=O)N1CC2CC(C1)c1cccc(=O)n1C2. The van der Waals surface area contributed by atoms with Crippen molar-refractivity contribution in [1.82, 2.24) is 29.7 Å². The molecule has 160 valence electrons. The first-order valence-electron chi connectivity index (χ1n) is 10.6. The first-order chi connectivity index (χ1) is 15.1. The zero-order valence-corrected chi connectivity index (χ0v) is 18.2. The number of rotatable bonds is 5. The van der Waals surface area contributed by atoms with Gasteiger partial charge in [-0.1, -0.05) is 43.0 Å². The normalized spacial score (nSPS) is 19.8. The Morgan fingerprint density at radius 2 is 2.00 bits per heavy atom. The van der Waals surface area contributed by atoms with Crippen molar-refractivity contribution in [1.29, 1.82) is 0 Å². The topological polar surface area (TPSA) is 85.9 Å². The highest BCUT2D eigenvalue weighted by Crippen LogP contribution is 2.35. The molecule has 0 radical (unpaired) electrons. The highest BCUT2D eigenvalue weighted by atomic mass is 32.2. The Morgan fingerprint density at radius 1 is 1.13 bits per heavy atom. The Labute approximate surface area is 184 Å². The first kappa shape index (κ1) is 20.0. The Balaban J connectivity index is 1.29. The lowest BCUT2D eigenvalue weighted by Crippen LogP contribution is -2.49. The maximum absolute atomic E-state index is 13.0. The van der Waals surface area contributed by atoms with Crippen molar-refractivity contribution in [3.05, 3.63) is 64.1 Å². The number of aromatic nitrogens is 5. The quantitative estimate of drug-likeness (QED) is 0.570. The van der Waals surface area contributed by atoms with Gasteiger partial charge in [0, 0.05) is 37.3 Å². The number of likely N-dealkylation sites (tertiary alicyclic amines) is 1. The van der Waals surface area contributed by atoms with Gasteiger partial charge in [0.1, 0.15) is 0 Å². The highest BCUT2D eigenvalue weighted by Gasteiger charge is 2.36. The summed E-state index contributed by atoms with van der Waals surface area (Å²) in [6, 6.07) is 13.5. The number of hydrogen-bond donors (Lipinski definition) is 0. The van der Waals surface area contributed by atoms with E-state index >= 15 is 0 Å². The smallest absolute Gasteiger partial charge is 0.250 e. The second-order valence-corrected chi connectivity index (χ2v) is 9.08. The lowest BCUT2D eigenvalue weighted by Gasteiger charge is -2.42. The number of aryl methyl sites for hydroxylation is 1. The zero-order chi connectivity index (χ0) is 21.4. The number of carbonyl (C=O) groups excluding carboxylic acids is 1. The number of benzene rings is 1. The third-order valence-corrected chi connectivity index (χ3v) is 7.10. The molecule has 2 atom stereocenters. The van der Waals surface area contributed by atoms with Crippen LogP contribution in [0.1, 0.15) is 30.5 Å². The van der Waals surface area contributed by atoms with E-state index in [4.69, 9.17) is 0 Å². The molecule has 9 heteroatoms. The van der Waals surface area contributed by atoms with Crippen LogP contribution in [0.3, 0.4) is 0 Å². The van der Waals surface area contributed by atoms with Crippen molar-refractivity contribution in [3.8, 4) is 5.69 Å². The molecule has 1 aromatic carbocycles. The maximum Gasteiger partial charge on any atom is 0.250 e. The molecule has 0 N–H and O–H groups in total. The van der Waals surface area contributed by atoms with E-state index in [-0.39, 0.29) is 23.1 Å². The van der Waals surface area contributed by atoms with E-state index in [0.29, 0.717) is 30.7 Å². The molecule has 2 bridgehead atoms. The molecule has 1 fully saturated rings. The van der Waals surface area contributed by atoms with Gasteiger partial charge in [-0.3, -0.25) is 9.59 Å². The summed E-state index contributed by atoms with van der Waals surface area (Å²) in [5, 5.41) is 12.7. The summed E-state index contributed by atoms with van der Waals surface area (Å²) < 4.78 is 3.60. The largest absolute Gasteiger partial charge is 0.341 e. The molecule has 0 saturated carbocycles. The lowest BCUT2D eigenvalue weighted by atomic mass is 9.83. The minimum Gasteiger partial charge on any atom is -0.341 e. The zero-order valence-electron chi connectivity index (χ0n) is 17.3. The lowest BCUT2D eigenvalue weighted by molar-refractivity contribution is -0.131. The van der Waals surface area contributed by atoms with Gasteiger partial charge in [0.2, 0.25) is 11.1 Å². The van der Waals surface area contributed by atoms with E-state index in [1.54, 1.807) is 10.7 Å². The van der Waals surface area contributed by atoms with Crippen molar-refractivity contribution in [2.24, 2.45) is 5.92 Å². The van der Waals surface area contributed by atoms with Gasteiger partial charge in [0.15, 0.2) is 0 Å². The van der Waals surface area contributed by atoms with Crippen molar-refractivity contribution in [3.63, 3.8) is 0 Å². The summed E-state index contributed by atoms with van der Waals surface area (Å²) in [6.07, 6.45) is 1.91. The summed E-state index contributed by atoms with van der Waals surface area (Å²) in [4.78, 5) is 27.2. The number of hydrogen-bond acceptors (Lipinski definition) is 6. The molecule has 4 heterocycles. The fraction of sp³-hybridized carbons (Fsp3) is 0.409. The Bertz CT molecular complexity index is 1170. The highest BCUT2D eigenvalue weighted by molar-refractivity contribution is 7.99. The fourth-order valence-corrected chi connectivity index (χ4v) is 5.54. The molecule has 2 aliphatic rings. The van der Waals surface area contributed by atoms with Crippen LogP contribution in [0.15, 0.2) is 52.4 Å². The monoisotopic (exact) mass is 436 g/mol. The van der Waals surface area contributed by atoms with Gasteiger partial charge in [-0.15, -0.1) is 5.10 Å². The Hall–Kier alpha value is -2.94. The summed E-state index contributed by atoms with van der Waals surface area (Å²) >= 11 is 1.37. The van der Waals surface area contributed by atoms with Crippen LogP contribution in [-0.4, -0.2) is 54.4 Å². The molecule has 3 aromatic rings. The van der Waals surface area contributed by atoms with Crippen LogP contribution >= 0.6 is 11.8 Å². The van der Waals surface area contributed by atoms with Crippen molar-refractivity contribution in [2.75, 3.05) is 18.8 Å². The number of tetrazole rings is 1. The predicted octanol–water partition coefficient (Wildman–Crippen LogP) is 2.12. The number of thioether (sulfide) groups is 1. The number of nitrogens with zero attached hydrogens (tertiary/aromatic N) is 6. The Kier molecular flexibility index (Phi) is 5.35. The van der Waals surface area contributed by atoms with E-state index in [1.165, 1.54) is 11.8 Å². The minimum absolute atomic E-state index is 0.0572. The second-order valence-electron chi connectivity index (χ2n) is 8.14. The van der Waals surface area contributed by atoms with Crippen LogP contribution in [0, 0.1) is 5.92 Å². The van der Waals surface area contributed by atoms with Gasteiger partial charge in [-0.2, -0.15) is 4.68 Å². The van der Waals surface area contributed by atoms with Gasteiger partial charge < -0.3 is 9.47 Å². The van der Waals surface area contributed by atoms with Gasteiger partial charge in [-0.25, -0.2) is 0 Å². The van der Waals surface area contributed by atoms with Gasteiger partial charge in [0.05, 0.1) is 11.4 Å². The predicted molar refractivity (Wildman–Crippen MR) is 117 cm³/mol. The van der Waals surface area contributed by atoms with Crippen LogP contribution < -0.4 is 5.56 Å². The molecule has 2 aromatic heterocycles. The summed E-state index contributed by atoms with van der Waals surface area (Å²) in [6.45, 7) is 4.14.